The maximum absolute atomic E-state index is 12.2. The standard InChI is InChI=1S/C16H17NO5S/c1-16(2,3)22-13(19)9-17-14(20)12(23-15(17)21)8-10-4-6-11(18)7-5-10/h4-8,18H,9H2,1-3H3/b12-8-. The van der Waals surface area contributed by atoms with E-state index >= 15 is 0 Å². The molecule has 122 valence electrons. The summed E-state index contributed by atoms with van der Waals surface area (Å²) in [5.74, 6) is -1.05. The number of benzene rings is 1. The number of carbonyl (C=O) groups excluding carboxylic acids is 3. The molecule has 0 saturated carbocycles. The molecule has 1 fully saturated rings. The van der Waals surface area contributed by atoms with Crippen molar-refractivity contribution in [3.63, 3.8) is 0 Å². The second-order valence-electron chi connectivity index (χ2n) is 5.95. The second-order valence-corrected chi connectivity index (χ2v) is 6.94. The van der Waals surface area contributed by atoms with E-state index < -0.39 is 29.3 Å². The molecule has 0 aliphatic carbocycles. The normalized spacial score (nSPS) is 17.0. The number of hydrogen-bond donors (Lipinski definition) is 1. The molecule has 1 aromatic carbocycles. The van der Waals surface area contributed by atoms with Crippen molar-refractivity contribution in [1.29, 1.82) is 0 Å². The Bertz CT molecular complexity index is 673. The molecule has 1 aromatic rings. The van der Waals surface area contributed by atoms with Crippen LogP contribution in [0.4, 0.5) is 4.79 Å². The van der Waals surface area contributed by atoms with Crippen molar-refractivity contribution in [3.05, 3.63) is 34.7 Å². The zero-order valence-electron chi connectivity index (χ0n) is 13.0. The zero-order valence-corrected chi connectivity index (χ0v) is 13.8. The fraction of sp³-hybridized carbons (Fsp3) is 0.312. The Hall–Kier alpha value is -2.28. The Labute approximate surface area is 138 Å². The Balaban J connectivity index is 2.10. The number of thioether (sulfide) groups is 1. The van der Waals surface area contributed by atoms with Gasteiger partial charge in [-0.05, 0) is 56.3 Å². The Morgan fingerprint density at radius 2 is 1.87 bits per heavy atom. The summed E-state index contributed by atoms with van der Waals surface area (Å²) in [7, 11) is 0. The first kappa shape index (κ1) is 17.1. The van der Waals surface area contributed by atoms with Gasteiger partial charge in [0, 0.05) is 0 Å². The van der Waals surface area contributed by atoms with Crippen molar-refractivity contribution in [2.45, 2.75) is 26.4 Å². The highest BCUT2D eigenvalue weighted by molar-refractivity contribution is 8.18. The number of esters is 1. The molecule has 23 heavy (non-hydrogen) atoms. The Kier molecular flexibility index (Phi) is 4.79. The van der Waals surface area contributed by atoms with Crippen LogP contribution < -0.4 is 0 Å². The van der Waals surface area contributed by atoms with Crippen molar-refractivity contribution < 1.29 is 24.2 Å². The molecule has 1 aliphatic rings. The summed E-state index contributed by atoms with van der Waals surface area (Å²) >= 11 is 0.769. The molecule has 6 nitrogen and oxygen atoms in total. The lowest BCUT2D eigenvalue weighted by Gasteiger charge is -2.21. The van der Waals surface area contributed by atoms with Gasteiger partial charge in [-0.1, -0.05) is 12.1 Å². The Morgan fingerprint density at radius 3 is 2.43 bits per heavy atom. The number of imide groups is 1. The molecule has 1 aliphatic heterocycles. The number of phenolic OH excluding ortho intramolecular Hbond substituents is 1. The lowest BCUT2D eigenvalue weighted by atomic mass is 10.2. The van der Waals surface area contributed by atoms with Crippen LogP contribution in [0.2, 0.25) is 0 Å². The Morgan fingerprint density at radius 1 is 1.26 bits per heavy atom. The van der Waals surface area contributed by atoms with Crippen molar-refractivity contribution in [3.8, 4) is 5.75 Å². The van der Waals surface area contributed by atoms with Crippen LogP contribution in [-0.4, -0.2) is 39.3 Å². The van der Waals surface area contributed by atoms with E-state index in [0.717, 1.165) is 16.7 Å². The number of amides is 2. The van der Waals surface area contributed by atoms with Crippen LogP contribution in [0.25, 0.3) is 6.08 Å². The maximum atomic E-state index is 12.2. The minimum Gasteiger partial charge on any atom is -0.508 e. The second kappa shape index (κ2) is 6.45. The third-order valence-corrected chi connectivity index (χ3v) is 3.68. The fourth-order valence-electron chi connectivity index (χ4n) is 1.86. The van der Waals surface area contributed by atoms with Gasteiger partial charge in [0.2, 0.25) is 0 Å². The highest BCUT2D eigenvalue weighted by Gasteiger charge is 2.37. The van der Waals surface area contributed by atoms with Gasteiger partial charge >= 0.3 is 5.97 Å². The van der Waals surface area contributed by atoms with Gasteiger partial charge in [-0.25, -0.2) is 0 Å². The molecular formula is C16H17NO5S. The third kappa shape index (κ3) is 4.59. The number of aromatic hydroxyl groups is 1. The highest BCUT2D eigenvalue weighted by atomic mass is 32.2. The lowest BCUT2D eigenvalue weighted by Crippen LogP contribution is -2.37. The maximum Gasteiger partial charge on any atom is 0.326 e. The first-order valence-corrected chi connectivity index (χ1v) is 7.73. The van der Waals surface area contributed by atoms with E-state index in [9.17, 15) is 19.5 Å². The molecule has 0 bridgehead atoms. The zero-order chi connectivity index (χ0) is 17.2. The molecular weight excluding hydrogens is 318 g/mol. The minimum absolute atomic E-state index is 0.111. The number of carbonyl (C=O) groups is 3. The number of nitrogens with zero attached hydrogens (tertiary/aromatic N) is 1. The summed E-state index contributed by atoms with van der Waals surface area (Å²) in [6.45, 7) is 4.73. The molecule has 1 N–H and O–H groups in total. The van der Waals surface area contributed by atoms with Crippen LogP contribution in [0.1, 0.15) is 26.3 Å². The van der Waals surface area contributed by atoms with Crippen LogP contribution in [0.15, 0.2) is 29.2 Å². The summed E-state index contributed by atoms with van der Waals surface area (Å²) < 4.78 is 5.12. The summed E-state index contributed by atoms with van der Waals surface area (Å²) in [5, 5.41) is 8.73. The van der Waals surface area contributed by atoms with Crippen LogP contribution in [0.3, 0.4) is 0 Å². The molecule has 0 unspecified atom stereocenters. The van der Waals surface area contributed by atoms with Crippen molar-refractivity contribution >= 4 is 35.0 Å². The molecule has 7 heteroatoms. The first-order chi connectivity index (χ1) is 10.7. The molecule has 1 heterocycles. The van der Waals surface area contributed by atoms with E-state index in [2.05, 4.69) is 0 Å². The first-order valence-electron chi connectivity index (χ1n) is 6.92. The number of rotatable bonds is 3. The predicted octanol–water partition coefficient (Wildman–Crippen LogP) is 2.77. The van der Waals surface area contributed by atoms with E-state index in [-0.39, 0.29) is 10.7 Å². The lowest BCUT2D eigenvalue weighted by molar-refractivity contribution is -0.156. The van der Waals surface area contributed by atoms with Crippen molar-refractivity contribution in [2.75, 3.05) is 6.54 Å². The smallest absolute Gasteiger partial charge is 0.326 e. The average Bonchev–Trinajstić information content (AvgIpc) is 2.67. The molecule has 2 rings (SSSR count). The SMILES string of the molecule is CC(C)(C)OC(=O)CN1C(=O)S/C(=C\c2ccc(O)cc2)C1=O. The quantitative estimate of drug-likeness (QED) is 0.675. The van der Waals surface area contributed by atoms with Gasteiger partial charge in [0.15, 0.2) is 0 Å². The van der Waals surface area contributed by atoms with Gasteiger partial charge < -0.3 is 9.84 Å². The van der Waals surface area contributed by atoms with Crippen LogP contribution in [0, 0.1) is 0 Å². The summed E-state index contributed by atoms with van der Waals surface area (Å²) in [5.41, 5.74) is -0.00798. The summed E-state index contributed by atoms with van der Waals surface area (Å²) in [6.07, 6.45) is 1.54. The molecule has 0 atom stereocenters. The average molecular weight is 335 g/mol. The van der Waals surface area contributed by atoms with Gasteiger partial charge in [0.1, 0.15) is 17.9 Å². The van der Waals surface area contributed by atoms with Crippen LogP contribution in [0.5, 0.6) is 5.75 Å². The highest BCUT2D eigenvalue weighted by Crippen LogP contribution is 2.32. The molecule has 0 spiro atoms. The van der Waals surface area contributed by atoms with Gasteiger partial charge in [-0.2, -0.15) is 0 Å². The topological polar surface area (TPSA) is 83.9 Å². The van der Waals surface area contributed by atoms with E-state index in [1.54, 1.807) is 39.0 Å². The van der Waals surface area contributed by atoms with Gasteiger partial charge in [0.25, 0.3) is 11.1 Å². The third-order valence-electron chi connectivity index (χ3n) is 2.77. The van der Waals surface area contributed by atoms with E-state index in [1.807, 2.05) is 0 Å². The fourth-order valence-corrected chi connectivity index (χ4v) is 2.70. The summed E-state index contributed by atoms with van der Waals surface area (Å²) in [4.78, 5) is 37.0. The predicted molar refractivity (Wildman–Crippen MR) is 86.6 cm³/mol. The van der Waals surface area contributed by atoms with Gasteiger partial charge in [-0.3, -0.25) is 19.3 Å². The molecule has 2 amide bonds. The number of ether oxygens (including phenoxy) is 1. The van der Waals surface area contributed by atoms with E-state index in [0.29, 0.717) is 5.56 Å². The van der Waals surface area contributed by atoms with Gasteiger partial charge in [0.05, 0.1) is 4.91 Å². The number of phenols is 1. The van der Waals surface area contributed by atoms with Crippen LogP contribution in [-0.2, 0) is 14.3 Å². The van der Waals surface area contributed by atoms with Crippen molar-refractivity contribution in [1.82, 2.24) is 4.90 Å². The monoisotopic (exact) mass is 335 g/mol. The van der Waals surface area contributed by atoms with Gasteiger partial charge in [-0.15, -0.1) is 0 Å². The molecule has 0 aromatic heterocycles. The molecule has 0 radical (unpaired) electrons. The summed E-state index contributed by atoms with van der Waals surface area (Å²) in [6, 6.07) is 6.21. The van der Waals surface area contributed by atoms with E-state index in [4.69, 9.17) is 4.74 Å². The van der Waals surface area contributed by atoms with Crippen LogP contribution >= 0.6 is 11.8 Å². The van der Waals surface area contributed by atoms with Crippen molar-refractivity contribution in [2.24, 2.45) is 0 Å². The number of hydrogen-bond acceptors (Lipinski definition) is 6. The minimum atomic E-state index is -0.680. The largest absolute Gasteiger partial charge is 0.508 e. The van der Waals surface area contributed by atoms with E-state index in [1.165, 1.54) is 12.1 Å². The molecule has 1 saturated heterocycles.